The molecule has 0 atom stereocenters. The maximum atomic E-state index is 12.5. The minimum Gasteiger partial charge on any atom is -0.382 e. The van der Waals surface area contributed by atoms with E-state index >= 15 is 0 Å². The fourth-order valence-corrected chi connectivity index (χ4v) is 3.52. The second-order valence-corrected chi connectivity index (χ2v) is 7.93. The van der Waals surface area contributed by atoms with E-state index in [-0.39, 0.29) is 22.2 Å². The summed E-state index contributed by atoms with van der Waals surface area (Å²) in [5.74, 6) is -0.325. The molecule has 10 nitrogen and oxygen atoms in total. The molecule has 2 rings (SSSR count). The highest BCUT2D eigenvalue weighted by Crippen LogP contribution is 2.24. The SMILES string of the molecule is COCCOCCNC(=O)c1ccc(NS(=O)(=O)c2ccc(C)c([N+](=O)[O-])c2)cc1. The molecule has 0 bridgehead atoms. The monoisotopic (exact) mass is 437 g/mol. The molecule has 1 amide bonds. The van der Waals surface area contributed by atoms with Gasteiger partial charge in [-0.1, -0.05) is 6.07 Å². The van der Waals surface area contributed by atoms with Crippen LogP contribution in [0.1, 0.15) is 15.9 Å². The second-order valence-electron chi connectivity index (χ2n) is 6.25. The van der Waals surface area contributed by atoms with Crippen LogP contribution in [-0.4, -0.2) is 52.7 Å². The summed E-state index contributed by atoms with van der Waals surface area (Å²) in [6.07, 6.45) is 0. The maximum Gasteiger partial charge on any atom is 0.273 e. The Bertz CT molecular complexity index is 992. The number of rotatable bonds is 11. The highest BCUT2D eigenvalue weighted by Gasteiger charge is 2.20. The predicted molar refractivity (Wildman–Crippen MR) is 110 cm³/mol. The minimum absolute atomic E-state index is 0.220. The van der Waals surface area contributed by atoms with E-state index in [0.717, 1.165) is 6.07 Å². The number of nitrogens with one attached hydrogen (secondary N) is 2. The molecule has 0 aliphatic heterocycles. The first kappa shape index (κ1) is 23.3. The zero-order valence-electron chi connectivity index (χ0n) is 16.6. The predicted octanol–water partition coefficient (Wildman–Crippen LogP) is 2.10. The number of benzene rings is 2. The third kappa shape index (κ3) is 6.51. The molecule has 0 aliphatic carbocycles. The van der Waals surface area contributed by atoms with Gasteiger partial charge in [-0.05, 0) is 37.3 Å². The second kappa shape index (κ2) is 10.7. The van der Waals surface area contributed by atoms with Crippen LogP contribution >= 0.6 is 0 Å². The van der Waals surface area contributed by atoms with E-state index < -0.39 is 14.9 Å². The smallest absolute Gasteiger partial charge is 0.273 e. The quantitative estimate of drug-likeness (QED) is 0.312. The van der Waals surface area contributed by atoms with Gasteiger partial charge < -0.3 is 14.8 Å². The summed E-state index contributed by atoms with van der Waals surface area (Å²) < 4.78 is 37.5. The zero-order valence-corrected chi connectivity index (χ0v) is 17.4. The Balaban J connectivity index is 1.99. The number of anilines is 1. The average Bonchev–Trinajstić information content (AvgIpc) is 2.70. The van der Waals surface area contributed by atoms with Crippen LogP contribution < -0.4 is 10.0 Å². The number of nitro groups is 1. The highest BCUT2D eigenvalue weighted by molar-refractivity contribution is 7.92. The van der Waals surface area contributed by atoms with Crippen molar-refractivity contribution in [2.75, 3.05) is 38.2 Å². The van der Waals surface area contributed by atoms with Crippen LogP contribution in [0.15, 0.2) is 47.4 Å². The Morgan fingerprint density at radius 2 is 1.80 bits per heavy atom. The van der Waals surface area contributed by atoms with Gasteiger partial charge >= 0.3 is 0 Å². The summed E-state index contributed by atoms with van der Waals surface area (Å²) in [5, 5.41) is 13.7. The van der Waals surface area contributed by atoms with Crippen LogP contribution in [0.4, 0.5) is 11.4 Å². The van der Waals surface area contributed by atoms with Crippen LogP contribution in [0, 0.1) is 17.0 Å². The molecule has 0 spiro atoms. The van der Waals surface area contributed by atoms with Gasteiger partial charge in [0.25, 0.3) is 21.6 Å². The molecular formula is C19H23N3O7S. The van der Waals surface area contributed by atoms with E-state index in [0.29, 0.717) is 37.5 Å². The third-order valence-corrected chi connectivity index (χ3v) is 5.43. The summed E-state index contributed by atoms with van der Waals surface area (Å²) in [5.41, 5.74) is 0.646. The van der Waals surface area contributed by atoms with Crippen molar-refractivity contribution in [3.05, 3.63) is 63.7 Å². The molecule has 0 unspecified atom stereocenters. The van der Waals surface area contributed by atoms with Crippen molar-refractivity contribution in [1.29, 1.82) is 0 Å². The molecule has 0 heterocycles. The molecule has 11 heteroatoms. The number of hydrogen-bond acceptors (Lipinski definition) is 7. The van der Waals surface area contributed by atoms with Gasteiger partial charge in [0.2, 0.25) is 0 Å². The summed E-state index contributed by atoms with van der Waals surface area (Å²) in [4.78, 5) is 22.3. The van der Waals surface area contributed by atoms with Gasteiger partial charge in [0.15, 0.2) is 0 Å². The molecule has 2 aromatic carbocycles. The van der Waals surface area contributed by atoms with Crippen molar-refractivity contribution in [2.24, 2.45) is 0 Å². The van der Waals surface area contributed by atoms with Gasteiger partial charge in [0, 0.05) is 36.5 Å². The number of carbonyl (C=O) groups is 1. The number of nitro benzene ring substituents is 1. The number of sulfonamides is 1. The van der Waals surface area contributed by atoms with E-state index in [1.165, 1.54) is 43.3 Å². The Morgan fingerprint density at radius 1 is 1.10 bits per heavy atom. The summed E-state index contributed by atoms with van der Waals surface area (Å²) >= 11 is 0. The Labute approximate surface area is 174 Å². The van der Waals surface area contributed by atoms with Crippen molar-refractivity contribution in [3.8, 4) is 0 Å². The van der Waals surface area contributed by atoms with Crippen LogP contribution in [0.2, 0.25) is 0 Å². The van der Waals surface area contributed by atoms with Gasteiger partial charge in [-0.15, -0.1) is 0 Å². The number of nitrogens with zero attached hydrogens (tertiary/aromatic N) is 1. The Hall–Kier alpha value is -3.02. The number of ether oxygens (including phenoxy) is 2. The zero-order chi connectivity index (χ0) is 22.1. The summed E-state index contributed by atoms with van der Waals surface area (Å²) in [6.45, 7) is 3.10. The lowest BCUT2D eigenvalue weighted by Gasteiger charge is -2.10. The summed E-state index contributed by atoms with van der Waals surface area (Å²) in [6, 6.07) is 9.48. The lowest BCUT2D eigenvalue weighted by atomic mass is 10.2. The largest absolute Gasteiger partial charge is 0.382 e. The van der Waals surface area contributed by atoms with Gasteiger partial charge in [-0.3, -0.25) is 19.6 Å². The molecule has 162 valence electrons. The van der Waals surface area contributed by atoms with Crippen molar-refractivity contribution in [1.82, 2.24) is 5.32 Å². The topological polar surface area (TPSA) is 137 Å². The number of aryl methyl sites for hydroxylation is 1. The van der Waals surface area contributed by atoms with Crippen LogP contribution in [-0.2, 0) is 19.5 Å². The lowest BCUT2D eigenvalue weighted by Crippen LogP contribution is -2.27. The van der Waals surface area contributed by atoms with E-state index in [9.17, 15) is 23.3 Å². The molecule has 0 saturated carbocycles. The van der Waals surface area contributed by atoms with Crippen molar-refractivity contribution in [2.45, 2.75) is 11.8 Å². The average molecular weight is 437 g/mol. The fourth-order valence-electron chi connectivity index (χ4n) is 2.44. The van der Waals surface area contributed by atoms with Crippen molar-refractivity contribution < 1.29 is 27.6 Å². The van der Waals surface area contributed by atoms with Gasteiger partial charge in [0.1, 0.15) is 0 Å². The van der Waals surface area contributed by atoms with Gasteiger partial charge in [-0.2, -0.15) is 0 Å². The molecule has 30 heavy (non-hydrogen) atoms. The first-order chi connectivity index (χ1) is 14.2. The molecule has 0 aliphatic rings. The molecule has 0 fully saturated rings. The molecular weight excluding hydrogens is 414 g/mol. The van der Waals surface area contributed by atoms with E-state index in [1.54, 1.807) is 7.11 Å². The van der Waals surface area contributed by atoms with E-state index in [1.807, 2.05) is 0 Å². The molecule has 2 aromatic rings. The lowest BCUT2D eigenvalue weighted by molar-refractivity contribution is -0.385. The molecule has 2 N–H and O–H groups in total. The first-order valence-electron chi connectivity index (χ1n) is 8.97. The number of amides is 1. The normalized spacial score (nSPS) is 11.1. The first-order valence-corrected chi connectivity index (χ1v) is 10.5. The van der Waals surface area contributed by atoms with Crippen LogP contribution in [0.5, 0.6) is 0 Å². The molecule has 0 aromatic heterocycles. The standard InChI is InChI=1S/C19H23N3O7S/c1-14-3-8-17(13-18(14)22(24)25)30(26,27)21-16-6-4-15(5-7-16)19(23)20-9-10-29-12-11-28-2/h3-8,13,21H,9-12H2,1-2H3,(H,20,23). The Morgan fingerprint density at radius 3 is 2.43 bits per heavy atom. The van der Waals surface area contributed by atoms with E-state index in [4.69, 9.17) is 9.47 Å². The number of hydrogen-bond donors (Lipinski definition) is 2. The van der Waals surface area contributed by atoms with Gasteiger partial charge in [-0.25, -0.2) is 8.42 Å². The number of methoxy groups -OCH3 is 1. The Kier molecular flexibility index (Phi) is 8.27. The fraction of sp³-hybridized carbons (Fsp3) is 0.316. The highest BCUT2D eigenvalue weighted by atomic mass is 32.2. The van der Waals surface area contributed by atoms with Gasteiger partial charge in [0.05, 0.1) is 29.6 Å². The molecule has 0 saturated heterocycles. The van der Waals surface area contributed by atoms with Crippen molar-refractivity contribution in [3.63, 3.8) is 0 Å². The van der Waals surface area contributed by atoms with Crippen LogP contribution in [0.3, 0.4) is 0 Å². The summed E-state index contributed by atoms with van der Waals surface area (Å²) in [7, 11) is -2.46. The minimum atomic E-state index is -4.03. The van der Waals surface area contributed by atoms with Crippen molar-refractivity contribution >= 4 is 27.3 Å². The number of carbonyl (C=O) groups excluding carboxylic acids is 1. The van der Waals surface area contributed by atoms with E-state index in [2.05, 4.69) is 10.0 Å². The van der Waals surface area contributed by atoms with Crippen LogP contribution in [0.25, 0.3) is 0 Å². The molecule has 0 radical (unpaired) electrons. The maximum absolute atomic E-state index is 12.5. The third-order valence-electron chi connectivity index (χ3n) is 4.05.